The van der Waals surface area contributed by atoms with Gasteiger partial charge in [-0.3, -0.25) is 4.68 Å². The zero-order valence-corrected chi connectivity index (χ0v) is 11.1. The Hall–Kier alpha value is -3.10. The van der Waals surface area contributed by atoms with Gasteiger partial charge in [0, 0.05) is 31.2 Å². The molecule has 0 atom stereocenters. The number of hydrogen-bond donors (Lipinski definition) is 1. The maximum atomic E-state index is 11.3. The van der Waals surface area contributed by atoms with E-state index in [9.17, 15) is 9.90 Å². The van der Waals surface area contributed by atoms with Crippen molar-refractivity contribution in [3.63, 3.8) is 0 Å². The van der Waals surface area contributed by atoms with Gasteiger partial charge in [0.2, 0.25) is 0 Å². The van der Waals surface area contributed by atoms with Crippen molar-refractivity contribution in [2.24, 2.45) is 7.05 Å². The molecule has 9 nitrogen and oxygen atoms in total. The zero-order chi connectivity index (χ0) is 14.8. The second-order valence-corrected chi connectivity index (χ2v) is 4.32. The first-order valence-electron chi connectivity index (χ1n) is 6.07. The Balaban J connectivity index is 2.07. The fraction of sp³-hybridized carbons (Fsp3) is 0.167. The molecule has 0 fully saturated rings. The molecule has 0 radical (unpaired) electrons. The van der Waals surface area contributed by atoms with Crippen LogP contribution in [0.3, 0.4) is 0 Å². The van der Waals surface area contributed by atoms with E-state index in [1.165, 1.54) is 4.68 Å². The van der Waals surface area contributed by atoms with Gasteiger partial charge in [0.25, 0.3) is 0 Å². The highest BCUT2D eigenvalue weighted by Crippen LogP contribution is 2.22. The highest BCUT2D eigenvalue weighted by Gasteiger charge is 2.22. The molecule has 1 N–H and O–H groups in total. The van der Waals surface area contributed by atoms with Crippen molar-refractivity contribution in [1.82, 2.24) is 34.7 Å². The van der Waals surface area contributed by atoms with E-state index >= 15 is 0 Å². The van der Waals surface area contributed by atoms with Crippen molar-refractivity contribution in [2.75, 3.05) is 0 Å². The van der Waals surface area contributed by atoms with Crippen LogP contribution in [0.25, 0.3) is 11.3 Å². The summed E-state index contributed by atoms with van der Waals surface area (Å²) < 4.78 is 3.03. The van der Waals surface area contributed by atoms with Crippen LogP contribution in [-0.2, 0) is 13.6 Å². The second-order valence-electron chi connectivity index (χ2n) is 4.32. The lowest BCUT2D eigenvalue weighted by atomic mass is 10.2. The van der Waals surface area contributed by atoms with Gasteiger partial charge in [-0.25, -0.2) is 19.4 Å². The van der Waals surface area contributed by atoms with E-state index in [1.54, 1.807) is 42.6 Å². The van der Waals surface area contributed by atoms with Crippen molar-refractivity contribution >= 4 is 5.97 Å². The third-order valence-corrected chi connectivity index (χ3v) is 2.83. The number of nitrogens with zero attached hydrogens (tertiary/aromatic N) is 7. The van der Waals surface area contributed by atoms with Crippen LogP contribution < -0.4 is 0 Å². The van der Waals surface area contributed by atoms with Crippen molar-refractivity contribution in [3.8, 4) is 11.3 Å². The van der Waals surface area contributed by atoms with Crippen molar-refractivity contribution < 1.29 is 9.90 Å². The molecular weight excluding hydrogens is 274 g/mol. The molecule has 0 aromatic carbocycles. The second kappa shape index (κ2) is 5.12. The van der Waals surface area contributed by atoms with Gasteiger partial charge in [0.15, 0.2) is 5.69 Å². The molecule has 0 unspecified atom stereocenters. The summed E-state index contributed by atoms with van der Waals surface area (Å²) in [5.41, 5.74) is 0.873. The van der Waals surface area contributed by atoms with Crippen LogP contribution in [0.5, 0.6) is 0 Å². The van der Waals surface area contributed by atoms with E-state index in [0.717, 1.165) is 0 Å². The predicted molar refractivity (Wildman–Crippen MR) is 70.3 cm³/mol. The van der Waals surface area contributed by atoms with Gasteiger partial charge >= 0.3 is 5.97 Å². The fourth-order valence-corrected chi connectivity index (χ4v) is 1.94. The molecule has 3 aromatic heterocycles. The SMILES string of the molecule is Cn1cc(-c2c(C(=O)O)nnn2Cc2ncccn2)cn1. The molecule has 3 rings (SSSR count). The predicted octanol–water partition coefficient (Wildman–Crippen LogP) is 0.215. The maximum Gasteiger partial charge on any atom is 0.358 e. The Morgan fingerprint density at radius 1 is 1.33 bits per heavy atom. The van der Waals surface area contributed by atoms with E-state index in [2.05, 4.69) is 25.4 Å². The van der Waals surface area contributed by atoms with Gasteiger partial charge in [-0.15, -0.1) is 5.10 Å². The number of hydrogen-bond acceptors (Lipinski definition) is 6. The number of carboxylic acid groups (broad SMARTS) is 1. The summed E-state index contributed by atoms with van der Waals surface area (Å²) >= 11 is 0. The third-order valence-electron chi connectivity index (χ3n) is 2.83. The van der Waals surface area contributed by atoms with Crippen LogP contribution in [-0.4, -0.2) is 45.8 Å². The van der Waals surface area contributed by atoms with E-state index < -0.39 is 5.97 Å². The number of carbonyl (C=O) groups is 1. The van der Waals surface area contributed by atoms with Gasteiger partial charge in [-0.2, -0.15) is 5.10 Å². The smallest absolute Gasteiger partial charge is 0.358 e. The Labute approximate surface area is 118 Å². The fourth-order valence-electron chi connectivity index (χ4n) is 1.94. The molecule has 9 heteroatoms. The van der Waals surface area contributed by atoms with E-state index in [4.69, 9.17) is 0 Å². The van der Waals surface area contributed by atoms with Gasteiger partial charge in [0.1, 0.15) is 18.1 Å². The normalized spacial score (nSPS) is 10.7. The van der Waals surface area contributed by atoms with Crippen LogP contribution in [0.2, 0.25) is 0 Å². The van der Waals surface area contributed by atoms with Crippen LogP contribution in [0.15, 0.2) is 30.9 Å². The van der Waals surface area contributed by atoms with Crippen LogP contribution in [0, 0.1) is 0 Å². The summed E-state index contributed by atoms with van der Waals surface area (Å²) in [7, 11) is 1.75. The zero-order valence-electron chi connectivity index (χ0n) is 11.1. The van der Waals surface area contributed by atoms with E-state index in [-0.39, 0.29) is 12.2 Å². The molecule has 0 bridgehead atoms. The molecule has 3 aromatic rings. The number of rotatable bonds is 4. The Kier molecular flexibility index (Phi) is 3.14. The highest BCUT2D eigenvalue weighted by atomic mass is 16.4. The van der Waals surface area contributed by atoms with Gasteiger partial charge in [-0.1, -0.05) is 5.21 Å². The highest BCUT2D eigenvalue weighted by molar-refractivity contribution is 5.92. The van der Waals surface area contributed by atoms with Crippen LogP contribution >= 0.6 is 0 Å². The van der Waals surface area contributed by atoms with Gasteiger partial charge in [-0.05, 0) is 6.07 Å². The molecule has 21 heavy (non-hydrogen) atoms. The summed E-state index contributed by atoms with van der Waals surface area (Å²) in [4.78, 5) is 19.5. The quantitative estimate of drug-likeness (QED) is 0.729. The minimum absolute atomic E-state index is 0.126. The number of carboxylic acids is 1. The van der Waals surface area contributed by atoms with Gasteiger partial charge in [0.05, 0.1) is 6.20 Å². The Morgan fingerprint density at radius 3 is 2.71 bits per heavy atom. The summed E-state index contributed by atoms with van der Waals surface area (Å²) in [6, 6.07) is 1.70. The largest absolute Gasteiger partial charge is 0.476 e. The summed E-state index contributed by atoms with van der Waals surface area (Å²) in [6.45, 7) is 0.228. The molecule has 0 spiro atoms. The lowest BCUT2D eigenvalue weighted by Crippen LogP contribution is -2.08. The van der Waals surface area contributed by atoms with Crippen LogP contribution in [0.1, 0.15) is 16.3 Å². The van der Waals surface area contributed by atoms with Crippen LogP contribution in [0.4, 0.5) is 0 Å². The first-order valence-corrected chi connectivity index (χ1v) is 6.07. The first-order chi connectivity index (χ1) is 10.1. The minimum atomic E-state index is -1.14. The average molecular weight is 285 g/mol. The van der Waals surface area contributed by atoms with E-state index in [1.807, 2.05) is 0 Å². The minimum Gasteiger partial charge on any atom is -0.476 e. The standard InChI is InChI=1S/C12H11N7O2/c1-18-6-8(5-15-18)11-10(12(20)21)16-17-19(11)7-9-13-3-2-4-14-9/h2-6H,7H2,1H3,(H,20,21). The number of aromatic carboxylic acids is 1. The van der Waals surface area contributed by atoms with Crippen molar-refractivity contribution in [1.29, 1.82) is 0 Å². The lowest BCUT2D eigenvalue weighted by Gasteiger charge is -2.04. The summed E-state index contributed by atoms with van der Waals surface area (Å²) in [5, 5.41) is 20.9. The summed E-state index contributed by atoms with van der Waals surface area (Å²) in [6.07, 6.45) is 6.49. The van der Waals surface area contributed by atoms with Crippen molar-refractivity contribution in [3.05, 3.63) is 42.4 Å². The third kappa shape index (κ3) is 2.48. The Morgan fingerprint density at radius 2 is 2.10 bits per heavy atom. The van der Waals surface area contributed by atoms with E-state index in [0.29, 0.717) is 17.1 Å². The molecule has 3 heterocycles. The van der Waals surface area contributed by atoms with Crippen molar-refractivity contribution in [2.45, 2.75) is 6.54 Å². The first kappa shape index (κ1) is 12.9. The summed E-state index contributed by atoms with van der Waals surface area (Å²) in [5.74, 6) is -0.626. The Bertz CT molecular complexity index is 778. The number of aryl methyl sites for hydroxylation is 1. The average Bonchev–Trinajstić information content (AvgIpc) is 3.06. The molecule has 0 saturated heterocycles. The molecule has 0 amide bonds. The molecule has 106 valence electrons. The lowest BCUT2D eigenvalue weighted by molar-refractivity contribution is 0.0691. The molecule has 0 aliphatic carbocycles. The topological polar surface area (TPSA) is 112 Å². The molecule has 0 aliphatic rings. The molecule has 0 saturated carbocycles. The number of aromatic nitrogens is 7. The van der Waals surface area contributed by atoms with Gasteiger partial charge < -0.3 is 5.11 Å². The molecular formula is C12H11N7O2. The molecule has 0 aliphatic heterocycles. The monoisotopic (exact) mass is 285 g/mol. The maximum absolute atomic E-state index is 11.3.